The molecule has 0 spiro atoms. The Morgan fingerprint density at radius 2 is 2.24 bits per heavy atom. The number of hydrogen-bond acceptors (Lipinski definition) is 3. The Hall–Kier alpha value is -2.30. The molecule has 0 radical (unpaired) electrons. The molecular weight excluding hydrogens is 218 g/mol. The maximum absolute atomic E-state index is 12.1. The Morgan fingerprint density at radius 1 is 1.47 bits per heavy atom. The number of carbonyl (C=O) groups is 1. The second-order valence-electron chi connectivity index (χ2n) is 3.79. The first-order valence-electron chi connectivity index (χ1n) is 5.13. The zero-order chi connectivity index (χ0) is 12.4. The molecular formula is C12H13N3O2. The van der Waals surface area contributed by atoms with E-state index >= 15 is 0 Å². The number of aromatic hydroxyl groups is 1. The van der Waals surface area contributed by atoms with Crippen LogP contribution in [-0.4, -0.2) is 27.8 Å². The number of aromatic nitrogens is 2. The van der Waals surface area contributed by atoms with E-state index in [0.717, 1.165) is 0 Å². The molecule has 0 bridgehead atoms. The van der Waals surface area contributed by atoms with E-state index in [1.165, 1.54) is 17.2 Å². The maximum atomic E-state index is 12.1. The molecule has 5 heteroatoms. The smallest absolute Gasteiger partial charge is 0.261 e. The summed E-state index contributed by atoms with van der Waals surface area (Å²) >= 11 is 0. The zero-order valence-electron chi connectivity index (χ0n) is 9.66. The van der Waals surface area contributed by atoms with Crippen LogP contribution in [0.15, 0.2) is 36.7 Å². The van der Waals surface area contributed by atoms with Crippen molar-refractivity contribution < 1.29 is 9.90 Å². The van der Waals surface area contributed by atoms with Crippen LogP contribution < -0.4 is 4.90 Å². The third-order valence-electron chi connectivity index (χ3n) is 2.47. The fraction of sp³-hybridized carbons (Fsp3) is 0.167. The van der Waals surface area contributed by atoms with Crippen molar-refractivity contribution in [3.05, 3.63) is 42.2 Å². The van der Waals surface area contributed by atoms with Crippen LogP contribution in [-0.2, 0) is 7.05 Å². The first-order valence-corrected chi connectivity index (χ1v) is 5.13. The van der Waals surface area contributed by atoms with Gasteiger partial charge in [0.1, 0.15) is 5.75 Å². The molecule has 17 heavy (non-hydrogen) atoms. The van der Waals surface area contributed by atoms with Gasteiger partial charge in [-0.1, -0.05) is 6.07 Å². The highest BCUT2D eigenvalue weighted by atomic mass is 16.3. The van der Waals surface area contributed by atoms with E-state index in [1.807, 2.05) is 0 Å². The van der Waals surface area contributed by atoms with Crippen LogP contribution in [0.3, 0.4) is 0 Å². The van der Waals surface area contributed by atoms with Gasteiger partial charge in [0.25, 0.3) is 5.91 Å². The average Bonchev–Trinajstić information content (AvgIpc) is 2.74. The van der Waals surface area contributed by atoms with Gasteiger partial charge in [-0.25, -0.2) is 0 Å². The van der Waals surface area contributed by atoms with Gasteiger partial charge >= 0.3 is 0 Å². The fourth-order valence-corrected chi connectivity index (χ4v) is 1.54. The Kier molecular flexibility index (Phi) is 2.82. The van der Waals surface area contributed by atoms with E-state index in [9.17, 15) is 9.90 Å². The van der Waals surface area contributed by atoms with E-state index in [2.05, 4.69) is 5.10 Å². The van der Waals surface area contributed by atoms with Crippen molar-refractivity contribution in [3.8, 4) is 5.75 Å². The molecule has 2 aromatic rings. The van der Waals surface area contributed by atoms with Crippen molar-refractivity contribution in [2.45, 2.75) is 0 Å². The third-order valence-corrected chi connectivity index (χ3v) is 2.47. The molecule has 0 aliphatic rings. The SMILES string of the molecule is CN(C(=O)c1cnn(C)c1)c1cccc(O)c1. The predicted molar refractivity (Wildman–Crippen MR) is 64.0 cm³/mol. The summed E-state index contributed by atoms with van der Waals surface area (Å²) in [5, 5.41) is 13.3. The van der Waals surface area contributed by atoms with Gasteiger partial charge in [0.2, 0.25) is 0 Å². The molecule has 0 saturated carbocycles. The molecule has 0 aliphatic carbocycles. The topological polar surface area (TPSA) is 58.4 Å². The third kappa shape index (κ3) is 2.28. The normalized spacial score (nSPS) is 10.2. The zero-order valence-corrected chi connectivity index (χ0v) is 9.66. The number of carbonyl (C=O) groups excluding carboxylic acids is 1. The van der Waals surface area contributed by atoms with E-state index in [4.69, 9.17) is 0 Å². The minimum Gasteiger partial charge on any atom is -0.508 e. The molecule has 0 atom stereocenters. The molecule has 0 aliphatic heterocycles. The maximum Gasteiger partial charge on any atom is 0.261 e. The highest BCUT2D eigenvalue weighted by molar-refractivity contribution is 6.05. The minimum atomic E-state index is -0.163. The lowest BCUT2D eigenvalue weighted by Crippen LogP contribution is -2.25. The van der Waals surface area contributed by atoms with E-state index in [1.54, 1.807) is 43.2 Å². The summed E-state index contributed by atoms with van der Waals surface area (Å²) in [6.07, 6.45) is 3.17. The van der Waals surface area contributed by atoms with Crippen molar-refractivity contribution in [2.75, 3.05) is 11.9 Å². The number of hydrogen-bond donors (Lipinski definition) is 1. The number of anilines is 1. The van der Waals surface area contributed by atoms with Crippen molar-refractivity contribution in [1.82, 2.24) is 9.78 Å². The van der Waals surface area contributed by atoms with Crippen LogP contribution in [0, 0.1) is 0 Å². The van der Waals surface area contributed by atoms with E-state index in [-0.39, 0.29) is 11.7 Å². The second kappa shape index (κ2) is 4.29. The van der Waals surface area contributed by atoms with Crippen molar-refractivity contribution >= 4 is 11.6 Å². The molecule has 1 aromatic carbocycles. The summed E-state index contributed by atoms with van der Waals surface area (Å²) in [4.78, 5) is 13.5. The van der Waals surface area contributed by atoms with Crippen molar-refractivity contribution in [3.63, 3.8) is 0 Å². The number of rotatable bonds is 2. The monoisotopic (exact) mass is 231 g/mol. The quantitative estimate of drug-likeness (QED) is 0.850. The average molecular weight is 231 g/mol. The van der Waals surface area contributed by atoms with E-state index in [0.29, 0.717) is 11.3 Å². The Labute approximate surface area is 98.9 Å². The molecule has 1 amide bonds. The highest BCUT2D eigenvalue weighted by Gasteiger charge is 2.15. The molecule has 0 saturated heterocycles. The van der Waals surface area contributed by atoms with Gasteiger partial charge in [-0.15, -0.1) is 0 Å². The number of benzene rings is 1. The van der Waals surface area contributed by atoms with Gasteiger partial charge in [-0.2, -0.15) is 5.10 Å². The van der Waals surface area contributed by atoms with Crippen LogP contribution in [0.2, 0.25) is 0 Å². The first kappa shape index (κ1) is 11.2. The minimum absolute atomic E-state index is 0.133. The second-order valence-corrected chi connectivity index (χ2v) is 3.79. The largest absolute Gasteiger partial charge is 0.508 e. The summed E-state index contributed by atoms with van der Waals surface area (Å²) in [6.45, 7) is 0. The lowest BCUT2D eigenvalue weighted by atomic mass is 10.2. The van der Waals surface area contributed by atoms with Gasteiger partial charge in [0.15, 0.2) is 0 Å². The van der Waals surface area contributed by atoms with Crippen LogP contribution in [0.5, 0.6) is 5.75 Å². The highest BCUT2D eigenvalue weighted by Crippen LogP contribution is 2.20. The molecule has 2 rings (SSSR count). The van der Waals surface area contributed by atoms with Gasteiger partial charge < -0.3 is 10.0 Å². The van der Waals surface area contributed by atoms with Gasteiger partial charge in [-0.05, 0) is 12.1 Å². The molecule has 1 aromatic heterocycles. The predicted octanol–water partition coefficient (Wildman–Crippen LogP) is 1.40. The van der Waals surface area contributed by atoms with Gasteiger partial charge in [-0.3, -0.25) is 9.48 Å². The molecule has 88 valence electrons. The lowest BCUT2D eigenvalue weighted by molar-refractivity contribution is 0.0993. The first-order chi connectivity index (χ1) is 8.08. The number of amides is 1. The summed E-state index contributed by atoms with van der Waals surface area (Å²) in [6, 6.07) is 6.55. The summed E-state index contributed by atoms with van der Waals surface area (Å²) in [5.41, 5.74) is 1.15. The lowest BCUT2D eigenvalue weighted by Gasteiger charge is -2.16. The Morgan fingerprint density at radius 3 is 2.82 bits per heavy atom. The summed E-state index contributed by atoms with van der Waals surface area (Å²) in [5.74, 6) is -0.0305. The van der Waals surface area contributed by atoms with Gasteiger partial charge in [0, 0.05) is 32.0 Å². The van der Waals surface area contributed by atoms with Crippen molar-refractivity contribution in [1.29, 1.82) is 0 Å². The van der Waals surface area contributed by atoms with E-state index < -0.39 is 0 Å². The van der Waals surface area contributed by atoms with Crippen LogP contribution >= 0.6 is 0 Å². The standard InChI is InChI=1S/C12H13N3O2/c1-14-8-9(7-13-14)12(17)15(2)10-4-3-5-11(16)6-10/h3-8,16H,1-2H3. The molecule has 5 nitrogen and oxygen atoms in total. The molecule has 1 N–H and O–H groups in total. The number of phenols is 1. The van der Waals surface area contributed by atoms with Gasteiger partial charge in [0.05, 0.1) is 11.8 Å². The van der Waals surface area contributed by atoms with Crippen molar-refractivity contribution in [2.24, 2.45) is 7.05 Å². The fourth-order valence-electron chi connectivity index (χ4n) is 1.54. The summed E-state index contributed by atoms with van der Waals surface area (Å²) < 4.78 is 1.57. The molecule has 0 unspecified atom stereocenters. The summed E-state index contributed by atoms with van der Waals surface area (Å²) in [7, 11) is 3.41. The van der Waals surface area contributed by atoms with Crippen LogP contribution in [0.4, 0.5) is 5.69 Å². The molecule has 0 fully saturated rings. The van der Waals surface area contributed by atoms with Crippen LogP contribution in [0.25, 0.3) is 0 Å². The number of aryl methyl sites for hydroxylation is 1. The number of nitrogens with zero attached hydrogens (tertiary/aromatic N) is 3. The molecule has 1 heterocycles. The number of phenolic OH excluding ortho intramolecular Hbond substituents is 1. The van der Waals surface area contributed by atoms with Crippen LogP contribution in [0.1, 0.15) is 10.4 Å². The Bertz CT molecular complexity index is 548. The Balaban J connectivity index is 2.26.